The molecule has 0 aromatic rings. The predicted molar refractivity (Wildman–Crippen MR) is 111 cm³/mol. The molecule has 2 aliphatic heterocycles. The van der Waals surface area contributed by atoms with Gasteiger partial charge >= 0.3 is 5.97 Å². The van der Waals surface area contributed by atoms with Crippen LogP contribution in [0.15, 0.2) is 0 Å². The highest BCUT2D eigenvalue weighted by Crippen LogP contribution is 2.18. The van der Waals surface area contributed by atoms with E-state index in [0.29, 0.717) is 44.9 Å². The number of carboxylic acids is 1. The summed E-state index contributed by atoms with van der Waals surface area (Å²) in [5.41, 5.74) is 0. The molecule has 2 amide bonds. The van der Waals surface area contributed by atoms with Gasteiger partial charge in [-0.3, -0.25) is 24.2 Å². The van der Waals surface area contributed by atoms with E-state index in [-0.39, 0.29) is 18.2 Å². The fourth-order valence-electron chi connectivity index (χ4n) is 3.91. The number of hydrogen-bond donors (Lipinski definition) is 3. The lowest BCUT2D eigenvalue weighted by molar-refractivity contribution is -0.137. The van der Waals surface area contributed by atoms with Gasteiger partial charge in [0, 0.05) is 64.7 Å². The van der Waals surface area contributed by atoms with Gasteiger partial charge in [0.1, 0.15) is 0 Å². The molecule has 9 heteroatoms. The number of aliphatic carboxylic acids is 1. The lowest BCUT2D eigenvalue weighted by Gasteiger charge is -2.36. The number of likely N-dealkylation sites (tertiary alicyclic amines) is 1. The van der Waals surface area contributed by atoms with E-state index in [1.807, 2.05) is 0 Å². The Balaban J connectivity index is 1.55. The monoisotopic (exact) mass is 411 g/mol. The zero-order chi connectivity index (χ0) is 21.1. The average molecular weight is 412 g/mol. The molecule has 0 bridgehead atoms. The minimum absolute atomic E-state index is 0.0251. The predicted octanol–water partition coefficient (Wildman–Crippen LogP) is -0.424. The topological polar surface area (TPSA) is 105 Å². The molecule has 2 saturated heterocycles. The molecule has 29 heavy (non-hydrogen) atoms. The Morgan fingerprint density at radius 2 is 1.59 bits per heavy atom. The number of nitrogens with one attached hydrogen (secondary N) is 2. The number of hydrogen-bond acceptors (Lipinski definition) is 6. The van der Waals surface area contributed by atoms with E-state index in [9.17, 15) is 14.4 Å². The number of likely N-dealkylation sites (N-methyl/N-ethyl adjacent to an activating group) is 1. The van der Waals surface area contributed by atoms with Crippen LogP contribution >= 0.6 is 0 Å². The van der Waals surface area contributed by atoms with Gasteiger partial charge in [0.25, 0.3) is 0 Å². The molecular weight excluding hydrogens is 374 g/mol. The average Bonchev–Trinajstić information content (AvgIpc) is 3.10. The molecule has 1 unspecified atom stereocenters. The summed E-state index contributed by atoms with van der Waals surface area (Å²) in [5, 5.41) is 14.2. The van der Waals surface area contributed by atoms with Crippen molar-refractivity contribution in [2.45, 2.75) is 44.6 Å². The van der Waals surface area contributed by atoms with Crippen LogP contribution in [0.5, 0.6) is 0 Å². The van der Waals surface area contributed by atoms with Gasteiger partial charge < -0.3 is 20.6 Å². The number of rotatable bonds is 12. The Labute approximate surface area is 173 Å². The first-order valence-electron chi connectivity index (χ1n) is 10.8. The summed E-state index contributed by atoms with van der Waals surface area (Å²) in [6.45, 7) is 7.74. The van der Waals surface area contributed by atoms with Crippen molar-refractivity contribution in [3.8, 4) is 0 Å². The number of carboxylic acid groups (broad SMARTS) is 1. The number of amides is 2. The second-order valence-corrected chi connectivity index (χ2v) is 8.17. The molecule has 0 aromatic heterocycles. The first kappa shape index (κ1) is 23.6. The number of piperazine rings is 1. The molecule has 0 aliphatic carbocycles. The van der Waals surface area contributed by atoms with E-state index in [2.05, 4.69) is 32.4 Å². The quantitative estimate of drug-likeness (QED) is 0.375. The maximum absolute atomic E-state index is 12.3. The van der Waals surface area contributed by atoms with Crippen LogP contribution < -0.4 is 10.6 Å². The van der Waals surface area contributed by atoms with Crippen LogP contribution in [-0.4, -0.2) is 110 Å². The Hall–Kier alpha value is -1.71. The molecule has 2 aliphatic rings. The van der Waals surface area contributed by atoms with E-state index in [4.69, 9.17) is 5.11 Å². The fraction of sp³-hybridized carbons (Fsp3) is 0.850. The number of nitrogens with zero attached hydrogens (tertiary/aromatic N) is 3. The first-order chi connectivity index (χ1) is 13.9. The van der Waals surface area contributed by atoms with Gasteiger partial charge in [-0.15, -0.1) is 0 Å². The SMILES string of the molecule is CN1CCN(CC2CCCN2CC(=O)NCCCC(=O)NCCCC(=O)O)CC1. The van der Waals surface area contributed by atoms with E-state index < -0.39 is 5.97 Å². The highest BCUT2D eigenvalue weighted by Gasteiger charge is 2.28. The molecule has 1 atom stereocenters. The molecule has 2 fully saturated rings. The third kappa shape index (κ3) is 9.56. The molecule has 3 N–H and O–H groups in total. The molecule has 0 radical (unpaired) electrons. The third-order valence-corrected chi connectivity index (χ3v) is 5.70. The van der Waals surface area contributed by atoms with Crippen LogP contribution in [0.3, 0.4) is 0 Å². The standard InChI is InChI=1S/C20H37N5O4/c1-23-11-13-24(14-12-23)15-17-5-4-10-25(17)16-19(27)22-8-2-6-18(26)21-9-3-7-20(28)29/h17H,2-16H2,1H3,(H,21,26)(H,22,27)(H,28,29). The summed E-state index contributed by atoms with van der Waals surface area (Å²) in [5.74, 6) is -0.931. The summed E-state index contributed by atoms with van der Waals surface area (Å²) in [7, 11) is 2.16. The molecule has 9 nitrogen and oxygen atoms in total. The van der Waals surface area contributed by atoms with E-state index in [1.54, 1.807) is 0 Å². The van der Waals surface area contributed by atoms with Crippen molar-refractivity contribution in [2.75, 3.05) is 66.0 Å². The largest absolute Gasteiger partial charge is 0.481 e. The van der Waals surface area contributed by atoms with Gasteiger partial charge in [-0.1, -0.05) is 0 Å². The fourth-order valence-corrected chi connectivity index (χ4v) is 3.91. The molecule has 0 aromatic carbocycles. The van der Waals surface area contributed by atoms with Crippen molar-refractivity contribution < 1.29 is 19.5 Å². The van der Waals surface area contributed by atoms with Crippen LogP contribution in [0.1, 0.15) is 38.5 Å². The molecule has 0 spiro atoms. The number of carbonyl (C=O) groups is 3. The normalized spacial score (nSPS) is 21.2. The van der Waals surface area contributed by atoms with Gasteiger partial charge in [0.15, 0.2) is 0 Å². The third-order valence-electron chi connectivity index (χ3n) is 5.70. The molecule has 166 valence electrons. The maximum atomic E-state index is 12.3. The van der Waals surface area contributed by atoms with Crippen LogP contribution in [0.4, 0.5) is 0 Å². The van der Waals surface area contributed by atoms with Crippen LogP contribution in [-0.2, 0) is 14.4 Å². The smallest absolute Gasteiger partial charge is 0.303 e. The Morgan fingerprint density at radius 1 is 0.931 bits per heavy atom. The molecule has 2 rings (SSSR count). The summed E-state index contributed by atoms with van der Waals surface area (Å²) < 4.78 is 0. The van der Waals surface area contributed by atoms with Crippen molar-refractivity contribution in [2.24, 2.45) is 0 Å². The van der Waals surface area contributed by atoms with E-state index in [1.165, 1.54) is 0 Å². The van der Waals surface area contributed by atoms with E-state index in [0.717, 1.165) is 52.1 Å². The summed E-state index contributed by atoms with van der Waals surface area (Å²) in [4.78, 5) is 41.5. The molecule has 2 heterocycles. The van der Waals surface area contributed by atoms with Gasteiger partial charge in [-0.2, -0.15) is 0 Å². The van der Waals surface area contributed by atoms with Crippen molar-refractivity contribution in [1.29, 1.82) is 0 Å². The summed E-state index contributed by atoms with van der Waals surface area (Å²) in [6.07, 6.45) is 3.71. The van der Waals surface area contributed by atoms with Gasteiger partial charge in [0.05, 0.1) is 6.54 Å². The van der Waals surface area contributed by atoms with Gasteiger partial charge in [-0.05, 0) is 39.3 Å². The first-order valence-corrected chi connectivity index (χ1v) is 10.8. The Bertz CT molecular complexity index is 537. The molecule has 0 saturated carbocycles. The second kappa shape index (κ2) is 12.8. The lowest BCUT2D eigenvalue weighted by atomic mass is 10.2. The van der Waals surface area contributed by atoms with Crippen LogP contribution in [0.2, 0.25) is 0 Å². The summed E-state index contributed by atoms with van der Waals surface area (Å²) >= 11 is 0. The van der Waals surface area contributed by atoms with Gasteiger partial charge in [-0.25, -0.2) is 0 Å². The van der Waals surface area contributed by atoms with Crippen molar-refractivity contribution in [3.63, 3.8) is 0 Å². The summed E-state index contributed by atoms with van der Waals surface area (Å²) in [6, 6.07) is 0.459. The minimum Gasteiger partial charge on any atom is -0.481 e. The van der Waals surface area contributed by atoms with Crippen LogP contribution in [0, 0.1) is 0 Å². The minimum atomic E-state index is -0.856. The zero-order valence-corrected chi connectivity index (χ0v) is 17.7. The van der Waals surface area contributed by atoms with E-state index >= 15 is 0 Å². The Morgan fingerprint density at radius 3 is 2.28 bits per heavy atom. The highest BCUT2D eigenvalue weighted by atomic mass is 16.4. The zero-order valence-electron chi connectivity index (χ0n) is 17.7. The van der Waals surface area contributed by atoms with Crippen molar-refractivity contribution in [1.82, 2.24) is 25.3 Å². The number of carbonyl (C=O) groups excluding carboxylic acids is 2. The van der Waals surface area contributed by atoms with Crippen LogP contribution in [0.25, 0.3) is 0 Å². The maximum Gasteiger partial charge on any atom is 0.303 e. The Kier molecular flexibility index (Phi) is 10.4. The highest BCUT2D eigenvalue weighted by molar-refractivity contribution is 5.78. The van der Waals surface area contributed by atoms with Crippen molar-refractivity contribution >= 4 is 17.8 Å². The second-order valence-electron chi connectivity index (χ2n) is 8.17. The molecular formula is C20H37N5O4. The van der Waals surface area contributed by atoms with Crippen molar-refractivity contribution in [3.05, 3.63) is 0 Å². The lowest BCUT2D eigenvalue weighted by Crippen LogP contribution is -2.50. The van der Waals surface area contributed by atoms with Gasteiger partial charge in [0.2, 0.25) is 11.8 Å².